The number of ether oxygens (including phenoxy) is 1. The molecule has 1 heterocycles. The predicted molar refractivity (Wildman–Crippen MR) is 121 cm³/mol. The van der Waals surface area contributed by atoms with Crippen LogP contribution in [0.25, 0.3) is 10.9 Å². The number of carbonyl (C=O) groups excluding carboxylic acids is 2. The van der Waals surface area contributed by atoms with Crippen molar-refractivity contribution in [2.24, 2.45) is 0 Å². The minimum Gasteiger partial charge on any atom is -0.466 e. The number of aromatic amines is 1. The number of hydrogen-bond acceptors (Lipinski definition) is 5. The van der Waals surface area contributed by atoms with Crippen molar-refractivity contribution in [2.45, 2.75) is 26.3 Å². The molecule has 156 valence electrons. The number of thioether (sulfide) groups is 1. The summed E-state index contributed by atoms with van der Waals surface area (Å²) >= 11 is 1.38. The number of nitrogens with one attached hydrogen (secondary N) is 3. The molecule has 1 amide bonds. The van der Waals surface area contributed by atoms with Crippen LogP contribution in [-0.2, 0) is 22.5 Å². The predicted octanol–water partition coefficient (Wildman–Crippen LogP) is 4.28. The lowest BCUT2D eigenvalue weighted by atomic mass is 10.1. The van der Waals surface area contributed by atoms with Crippen molar-refractivity contribution < 1.29 is 14.3 Å². The van der Waals surface area contributed by atoms with E-state index in [0.717, 1.165) is 27.6 Å². The highest BCUT2D eigenvalue weighted by Gasteiger charge is 2.11. The van der Waals surface area contributed by atoms with E-state index in [2.05, 4.69) is 10.3 Å². The molecule has 3 N–H and O–H groups in total. The van der Waals surface area contributed by atoms with E-state index >= 15 is 0 Å². The molecule has 0 aliphatic heterocycles. The van der Waals surface area contributed by atoms with Crippen LogP contribution in [0.5, 0.6) is 0 Å². The topological polar surface area (TPSA) is 95.0 Å². The Balaban J connectivity index is 1.57. The van der Waals surface area contributed by atoms with E-state index in [1.165, 1.54) is 11.8 Å². The highest BCUT2D eigenvalue weighted by atomic mass is 32.2. The lowest BCUT2D eigenvalue weighted by molar-refractivity contribution is -0.143. The van der Waals surface area contributed by atoms with Crippen molar-refractivity contribution in [3.05, 3.63) is 70.9 Å². The van der Waals surface area contributed by atoms with Crippen LogP contribution in [0.2, 0.25) is 0 Å². The molecule has 0 saturated carbocycles. The Hall–Kier alpha value is -3.06. The van der Waals surface area contributed by atoms with Gasteiger partial charge in [-0.25, -0.2) is 0 Å². The maximum absolute atomic E-state index is 12.5. The molecule has 0 unspecified atom stereocenters. The minimum atomic E-state index is -0.190. The van der Waals surface area contributed by atoms with E-state index in [-0.39, 0.29) is 11.9 Å². The lowest BCUT2D eigenvalue weighted by Crippen LogP contribution is -2.23. The summed E-state index contributed by atoms with van der Waals surface area (Å²) in [6.45, 7) is 2.61. The van der Waals surface area contributed by atoms with Crippen molar-refractivity contribution in [3.8, 4) is 0 Å². The molecule has 0 aliphatic rings. The largest absolute Gasteiger partial charge is 0.466 e. The highest BCUT2D eigenvalue weighted by molar-refractivity contribution is 8.13. The van der Waals surface area contributed by atoms with Gasteiger partial charge in [-0.15, -0.1) is 11.8 Å². The number of amides is 1. The van der Waals surface area contributed by atoms with Gasteiger partial charge in [0.15, 0.2) is 0 Å². The number of carbonyl (C=O) groups is 2. The summed E-state index contributed by atoms with van der Waals surface area (Å²) < 4.78 is 4.94. The second-order valence-electron chi connectivity index (χ2n) is 6.82. The molecular formula is C23H25N3O3S. The van der Waals surface area contributed by atoms with Gasteiger partial charge in [0.1, 0.15) is 5.69 Å². The molecule has 0 radical (unpaired) electrons. The van der Waals surface area contributed by atoms with Crippen molar-refractivity contribution in [2.75, 3.05) is 12.9 Å². The van der Waals surface area contributed by atoms with Crippen molar-refractivity contribution in [1.82, 2.24) is 10.3 Å². The molecule has 0 spiro atoms. The van der Waals surface area contributed by atoms with Crippen LogP contribution >= 0.6 is 11.8 Å². The summed E-state index contributed by atoms with van der Waals surface area (Å²) in [6.07, 6.45) is 2.87. The van der Waals surface area contributed by atoms with Crippen LogP contribution in [0.15, 0.2) is 48.5 Å². The molecule has 0 fully saturated rings. The molecular weight excluding hydrogens is 398 g/mol. The number of H-pyrrole nitrogens is 1. The maximum Gasteiger partial charge on any atom is 0.306 e. The summed E-state index contributed by atoms with van der Waals surface area (Å²) in [5.74, 6) is -0.372. The third-order valence-electron chi connectivity index (χ3n) is 4.73. The van der Waals surface area contributed by atoms with Gasteiger partial charge >= 0.3 is 5.97 Å². The van der Waals surface area contributed by atoms with Crippen LogP contribution in [0.4, 0.5) is 0 Å². The van der Waals surface area contributed by atoms with Gasteiger partial charge in [-0.2, -0.15) is 0 Å². The van der Waals surface area contributed by atoms with E-state index in [1.807, 2.05) is 48.7 Å². The van der Waals surface area contributed by atoms with Crippen LogP contribution in [0.3, 0.4) is 0 Å². The first-order valence-corrected chi connectivity index (χ1v) is 11.0. The molecule has 1 aromatic heterocycles. The average molecular weight is 424 g/mol. The number of aryl methyl sites for hydroxylation is 1. The van der Waals surface area contributed by atoms with Crippen LogP contribution < -0.4 is 5.32 Å². The van der Waals surface area contributed by atoms with Gasteiger partial charge in [0, 0.05) is 29.4 Å². The Morgan fingerprint density at radius 2 is 1.83 bits per heavy atom. The maximum atomic E-state index is 12.5. The van der Waals surface area contributed by atoms with Crippen LogP contribution in [0.1, 0.15) is 40.5 Å². The number of fused-ring (bicyclic) bond motifs is 1. The molecule has 0 bridgehead atoms. The van der Waals surface area contributed by atoms with Gasteiger partial charge in [0.05, 0.1) is 11.7 Å². The van der Waals surface area contributed by atoms with E-state index in [0.29, 0.717) is 36.7 Å². The second-order valence-corrected chi connectivity index (χ2v) is 7.64. The summed E-state index contributed by atoms with van der Waals surface area (Å²) in [5.41, 5.74) is 4.23. The number of rotatable bonds is 8. The fraction of sp³-hybridized carbons (Fsp3) is 0.261. The Morgan fingerprint density at radius 3 is 2.53 bits per heavy atom. The van der Waals surface area contributed by atoms with Crippen LogP contribution in [-0.4, -0.2) is 34.8 Å². The van der Waals surface area contributed by atoms with E-state index in [9.17, 15) is 9.59 Å². The summed E-state index contributed by atoms with van der Waals surface area (Å²) in [7, 11) is 0. The van der Waals surface area contributed by atoms with Gasteiger partial charge in [0.25, 0.3) is 5.91 Å². The summed E-state index contributed by atoms with van der Waals surface area (Å²) in [6, 6.07) is 15.3. The normalized spacial score (nSPS) is 10.7. The van der Waals surface area contributed by atoms with E-state index in [4.69, 9.17) is 10.1 Å². The van der Waals surface area contributed by atoms with Gasteiger partial charge in [0.2, 0.25) is 0 Å². The van der Waals surface area contributed by atoms with Gasteiger partial charge in [-0.05, 0) is 48.9 Å². The lowest BCUT2D eigenvalue weighted by Gasteiger charge is -2.06. The molecule has 30 heavy (non-hydrogen) atoms. The molecule has 3 aromatic rings. The second kappa shape index (κ2) is 10.1. The third-order valence-corrected chi connectivity index (χ3v) is 5.37. The van der Waals surface area contributed by atoms with Gasteiger partial charge < -0.3 is 15.0 Å². The fourth-order valence-corrected chi connectivity index (χ4v) is 3.46. The molecule has 0 saturated heterocycles. The zero-order chi connectivity index (χ0) is 21.5. The fourth-order valence-electron chi connectivity index (χ4n) is 3.09. The Labute approximate surface area is 179 Å². The Kier molecular flexibility index (Phi) is 7.30. The quantitative estimate of drug-likeness (QED) is 0.286. The molecule has 2 aromatic carbocycles. The summed E-state index contributed by atoms with van der Waals surface area (Å²) in [5, 5.41) is 12.3. The average Bonchev–Trinajstić information content (AvgIpc) is 3.20. The zero-order valence-electron chi connectivity index (χ0n) is 17.1. The van der Waals surface area contributed by atoms with Crippen molar-refractivity contribution >= 4 is 39.6 Å². The Morgan fingerprint density at radius 1 is 1.10 bits per heavy atom. The zero-order valence-corrected chi connectivity index (χ0v) is 17.9. The molecule has 3 rings (SSSR count). The smallest absolute Gasteiger partial charge is 0.306 e. The van der Waals surface area contributed by atoms with Crippen molar-refractivity contribution in [1.29, 1.82) is 5.41 Å². The van der Waals surface area contributed by atoms with Gasteiger partial charge in [-0.3, -0.25) is 15.0 Å². The van der Waals surface area contributed by atoms with E-state index in [1.54, 1.807) is 13.0 Å². The first kappa shape index (κ1) is 21.6. The standard InChI is InChI=1S/C23H25N3O3S/c1-3-29-21(27)11-8-15-4-6-16(7-5-15)14-25-23(28)20-13-18-12-17(22(24)30-2)9-10-19(18)26-20/h4-7,9-10,12-13,24,26H,3,8,11,14H2,1-2H3,(H,25,28). The number of esters is 1. The third kappa shape index (κ3) is 5.51. The molecule has 0 atom stereocenters. The number of aromatic nitrogens is 1. The SMILES string of the molecule is CCOC(=O)CCc1ccc(CNC(=O)c2cc3cc(C(=N)SC)ccc3[nH]2)cc1. The number of hydrogen-bond donors (Lipinski definition) is 3. The minimum absolute atomic E-state index is 0.181. The highest BCUT2D eigenvalue weighted by Crippen LogP contribution is 2.20. The Bertz CT molecular complexity index is 1060. The van der Waals surface area contributed by atoms with Crippen LogP contribution in [0, 0.1) is 5.41 Å². The molecule has 6 nitrogen and oxygen atoms in total. The number of benzene rings is 2. The first-order chi connectivity index (χ1) is 14.5. The molecule has 0 aliphatic carbocycles. The van der Waals surface area contributed by atoms with E-state index < -0.39 is 0 Å². The first-order valence-electron chi connectivity index (χ1n) is 9.77. The monoisotopic (exact) mass is 423 g/mol. The molecule has 7 heteroatoms. The van der Waals surface area contributed by atoms with Crippen molar-refractivity contribution in [3.63, 3.8) is 0 Å². The van der Waals surface area contributed by atoms with Gasteiger partial charge in [-0.1, -0.05) is 30.3 Å². The summed E-state index contributed by atoms with van der Waals surface area (Å²) in [4.78, 5) is 27.1.